The van der Waals surface area contributed by atoms with Crippen molar-refractivity contribution in [2.24, 2.45) is 0 Å². The van der Waals surface area contributed by atoms with Crippen molar-refractivity contribution in [2.75, 3.05) is 6.54 Å². The average Bonchev–Trinajstić information content (AvgIpc) is 2.52. The number of likely N-dealkylation sites (tertiary alicyclic amines) is 1. The van der Waals surface area contributed by atoms with E-state index in [1.165, 1.54) is 16.6 Å². The molecule has 2 nitrogen and oxygen atoms in total. The third-order valence-corrected chi connectivity index (χ3v) is 3.86. The predicted molar refractivity (Wildman–Crippen MR) is 55.7 cm³/mol. The van der Waals surface area contributed by atoms with Crippen LogP contribution < -0.4 is 0 Å². The number of amides is 1. The van der Waals surface area contributed by atoms with Gasteiger partial charge >= 0.3 is 93.5 Å². The zero-order valence-electron chi connectivity index (χ0n) is 8.25. The maximum atomic E-state index is 11.4. The van der Waals surface area contributed by atoms with Gasteiger partial charge in [0.05, 0.1) is 0 Å². The molecule has 0 spiro atoms. The van der Waals surface area contributed by atoms with Gasteiger partial charge in [-0.15, -0.1) is 0 Å². The van der Waals surface area contributed by atoms with Gasteiger partial charge in [-0.25, -0.2) is 0 Å². The van der Waals surface area contributed by atoms with Crippen LogP contribution in [0.2, 0.25) is 0 Å². The van der Waals surface area contributed by atoms with Gasteiger partial charge in [-0.2, -0.15) is 0 Å². The van der Waals surface area contributed by atoms with Crippen LogP contribution in [0.4, 0.5) is 0 Å². The Morgan fingerprint density at radius 1 is 1.69 bits per heavy atom. The topological polar surface area (TPSA) is 20.3 Å². The Bertz CT molecular complexity index is 213. The molecule has 72 valence electrons. The summed E-state index contributed by atoms with van der Waals surface area (Å²) in [5.41, 5.74) is 0. The van der Waals surface area contributed by atoms with Gasteiger partial charge in [0, 0.05) is 0 Å². The van der Waals surface area contributed by atoms with Gasteiger partial charge in [0.25, 0.3) is 0 Å². The van der Waals surface area contributed by atoms with Crippen LogP contribution in [0.1, 0.15) is 39.0 Å². The number of hydrogen-bond donors (Lipinski definition) is 0. The zero-order chi connectivity index (χ0) is 9.68. The van der Waals surface area contributed by atoms with Gasteiger partial charge < -0.3 is 0 Å². The first-order valence-electron chi connectivity index (χ1n) is 5.01. The third kappa shape index (κ3) is 3.33. The first-order valence-corrected chi connectivity index (χ1v) is 6.66. The molecule has 0 aromatic heterocycles. The molecule has 3 heteroatoms. The van der Waals surface area contributed by atoms with E-state index in [0.29, 0.717) is 5.91 Å². The third-order valence-electron chi connectivity index (χ3n) is 2.30. The Hall–Kier alpha value is 0.00870. The molecule has 1 saturated heterocycles. The fourth-order valence-corrected chi connectivity index (χ4v) is 2.74. The molecular weight excluding hydrogens is 269 g/mol. The van der Waals surface area contributed by atoms with Gasteiger partial charge in [0.2, 0.25) is 0 Å². The monoisotopic (exact) mass is 287 g/mol. The van der Waals surface area contributed by atoms with Crippen molar-refractivity contribution < 1.29 is 4.79 Å². The standard InChI is InChI=1S/C10H16NO.Sn.H/c1-2-3-4-5-8-11-9-6-7-10(11)12;;/h5H,2-4,6-7,9H2,1H3;;. The summed E-state index contributed by atoms with van der Waals surface area (Å²) in [6, 6.07) is 0. The van der Waals surface area contributed by atoms with Gasteiger partial charge in [0.1, 0.15) is 0 Å². The first-order chi connectivity index (χ1) is 6.25. The van der Waals surface area contributed by atoms with Crippen LogP contribution in [-0.4, -0.2) is 39.9 Å². The Labute approximate surface area is 93.5 Å². The average molecular weight is 286 g/mol. The number of unbranched alkanes of at least 4 members (excludes halogenated alkanes) is 2. The molecule has 13 heavy (non-hydrogen) atoms. The van der Waals surface area contributed by atoms with Crippen LogP contribution in [0.3, 0.4) is 0 Å². The molecule has 0 bridgehead atoms. The van der Waals surface area contributed by atoms with E-state index in [1.54, 1.807) is 0 Å². The Morgan fingerprint density at radius 3 is 3.00 bits per heavy atom. The van der Waals surface area contributed by atoms with E-state index >= 15 is 0 Å². The van der Waals surface area contributed by atoms with Crippen molar-refractivity contribution in [1.82, 2.24) is 4.90 Å². The summed E-state index contributed by atoms with van der Waals surface area (Å²) in [5.74, 6) is 0.329. The summed E-state index contributed by atoms with van der Waals surface area (Å²) in [5, 5.41) is 0. The second-order valence-corrected chi connectivity index (χ2v) is 5.11. The quantitative estimate of drug-likeness (QED) is 0.567. The Kier molecular flexibility index (Phi) is 4.84. The van der Waals surface area contributed by atoms with E-state index in [1.807, 2.05) is 4.90 Å². The van der Waals surface area contributed by atoms with Gasteiger partial charge in [0.15, 0.2) is 0 Å². The fourth-order valence-electron chi connectivity index (χ4n) is 1.49. The van der Waals surface area contributed by atoms with E-state index in [9.17, 15) is 4.79 Å². The van der Waals surface area contributed by atoms with Crippen LogP contribution in [0, 0.1) is 0 Å². The van der Waals surface area contributed by atoms with Crippen LogP contribution in [0.25, 0.3) is 0 Å². The van der Waals surface area contributed by atoms with Crippen molar-refractivity contribution in [2.45, 2.75) is 39.0 Å². The van der Waals surface area contributed by atoms with Gasteiger partial charge in [-0.1, -0.05) is 0 Å². The second kappa shape index (κ2) is 5.68. The summed E-state index contributed by atoms with van der Waals surface area (Å²) in [6.07, 6.45) is 7.66. The molecule has 2 radical (unpaired) electrons. The SMILES string of the molecule is CCCCC=[C]([SnH])N1CCCC1=O. The summed E-state index contributed by atoms with van der Waals surface area (Å²) >= 11 is 1.07. The number of allylic oxidation sites excluding steroid dienone is 1. The predicted octanol–water partition coefficient (Wildman–Crippen LogP) is 1.54. The number of nitrogens with zero attached hydrogens (tertiary/aromatic N) is 1. The number of carbonyl (C=O) groups excluding carboxylic acids is 1. The van der Waals surface area contributed by atoms with E-state index in [2.05, 4.69) is 13.0 Å². The maximum absolute atomic E-state index is 11.4. The minimum absolute atomic E-state index is 0.329. The van der Waals surface area contributed by atoms with Crippen LogP contribution in [-0.2, 0) is 4.79 Å². The number of rotatable bonds is 4. The first kappa shape index (κ1) is 11.1. The van der Waals surface area contributed by atoms with E-state index in [0.717, 1.165) is 48.3 Å². The molecule has 1 amide bonds. The molecule has 1 aliphatic rings. The molecule has 0 unspecified atom stereocenters. The zero-order valence-corrected chi connectivity index (χ0v) is 11.5. The summed E-state index contributed by atoms with van der Waals surface area (Å²) in [7, 11) is 0. The number of hydrogen-bond acceptors (Lipinski definition) is 1. The van der Waals surface area contributed by atoms with Crippen molar-refractivity contribution in [1.29, 1.82) is 0 Å². The van der Waals surface area contributed by atoms with E-state index in [4.69, 9.17) is 0 Å². The summed E-state index contributed by atoms with van der Waals surface area (Å²) in [6.45, 7) is 3.15. The van der Waals surface area contributed by atoms with E-state index < -0.39 is 0 Å². The molecule has 1 aliphatic heterocycles. The van der Waals surface area contributed by atoms with Crippen LogP contribution in [0.5, 0.6) is 0 Å². The van der Waals surface area contributed by atoms with Crippen molar-refractivity contribution in [3.63, 3.8) is 0 Å². The second-order valence-electron chi connectivity index (χ2n) is 3.42. The minimum atomic E-state index is 0.329. The summed E-state index contributed by atoms with van der Waals surface area (Å²) in [4.78, 5) is 13.3. The van der Waals surface area contributed by atoms with Crippen molar-refractivity contribution >= 4 is 28.4 Å². The normalized spacial score (nSPS) is 18.5. The molecule has 0 aromatic rings. The molecule has 0 N–H and O–H groups in total. The van der Waals surface area contributed by atoms with Crippen molar-refractivity contribution in [3.05, 3.63) is 9.79 Å². The molecule has 0 saturated carbocycles. The van der Waals surface area contributed by atoms with Crippen LogP contribution >= 0.6 is 0 Å². The molecule has 0 atom stereocenters. The van der Waals surface area contributed by atoms with Gasteiger partial charge in [-0.3, -0.25) is 0 Å². The molecule has 1 heterocycles. The summed E-state index contributed by atoms with van der Waals surface area (Å²) < 4.78 is 1.28. The van der Waals surface area contributed by atoms with Gasteiger partial charge in [-0.05, 0) is 0 Å². The molecule has 0 aromatic carbocycles. The Morgan fingerprint density at radius 2 is 2.46 bits per heavy atom. The molecule has 0 aliphatic carbocycles. The molecular formula is C10H17NOSn. The number of carbonyl (C=O) groups is 1. The van der Waals surface area contributed by atoms with Crippen molar-refractivity contribution in [3.8, 4) is 0 Å². The van der Waals surface area contributed by atoms with Crippen LogP contribution in [0.15, 0.2) is 9.79 Å². The molecule has 1 fully saturated rings. The van der Waals surface area contributed by atoms with E-state index in [-0.39, 0.29) is 0 Å². The fraction of sp³-hybridized carbons (Fsp3) is 0.700. The molecule has 1 rings (SSSR count). The Balaban J connectivity index is 2.41.